The minimum atomic E-state index is -3.34. The summed E-state index contributed by atoms with van der Waals surface area (Å²) >= 11 is 5.52. The molecule has 0 saturated carbocycles. The number of nitrogens with one attached hydrogen (secondary N) is 2. The molecule has 0 fully saturated rings. The first-order chi connectivity index (χ1) is 6.10. The first kappa shape index (κ1) is 10.6. The topological polar surface area (TPSA) is 62.0 Å². The van der Waals surface area contributed by atoms with Crippen LogP contribution >= 0.6 is 11.6 Å². The van der Waals surface area contributed by atoms with Gasteiger partial charge in [0, 0.05) is 18.4 Å². The molecule has 4 nitrogen and oxygen atoms in total. The Labute approximate surface area is 82.3 Å². The summed E-state index contributed by atoms with van der Waals surface area (Å²) in [7, 11) is -3.34. The third kappa shape index (κ3) is 2.46. The minimum Gasteiger partial charge on any atom is -0.363 e. The summed E-state index contributed by atoms with van der Waals surface area (Å²) in [6.07, 6.45) is 1.43. The molecule has 1 aromatic rings. The second kappa shape index (κ2) is 4.13. The van der Waals surface area contributed by atoms with Gasteiger partial charge in [-0.3, -0.25) is 0 Å². The Morgan fingerprint density at radius 3 is 2.77 bits per heavy atom. The van der Waals surface area contributed by atoms with E-state index in [1.54, 1.807) is 6.92 Å². The van der Waals surface area contributed by atoms with Crippen molar-refractivity contribution in [1.29, 1.82) is 0 Å². The standard InChI is InChI=1S/C7H11ClN2O2S/c1-2-10-13(11,12)7-3-6(4-8)9-5-7/h3,5,9-10H,2,4H2,1H3. The molecule has 0 aliphatic rings. The van der Waals surface area contributed by atoms with Crippen LogP contribution in [0.4, 0.5) is 0 Å². The van der Waals surface area contributed by atoms with Gasteiger partial charge in [0.1, 0.15) is 0 Å². The predicted octanol–water partition coefficient (Wildman–Crippen LogP) is 1.05. The fourth-order valence-corrected chi connectivity index (χ4v) is 2.14. The van der Waals surface area contributed by atoms with Crippen LogP contribution in [0.5, 0.6) is 0 Å². The predicted molar refractivity (Wildman–Crippen MR) is 51.2 cm³/mol. The number of H-pyrrole nitrogens is 1. The minimum absolute atomic E-state index is 0.227. The number of aromatic nitrogens is 1. The Hall–Kier alpha value is -0.520. The van der Waals surface area contributed by atoms with Crippen molar-refractivity contribution in [2.45, 2.75) is 17.7 Å². The maximum absolute atomic E-state index is 11.4. The van der Waals surface area contributed by atoms with Crippen LogP contribution in [0.1, 0.15) is 12.6 Å². The van der Waals surface area contributed by atoms with Crippen molar-refractivity contribution in [2.75, 3.05) is 6.54 Å². The molecular formula is C7H11ClN2O2S. The summed E-state index contributed by atoms with van der Waals surface area (Å²) in [6.45, 7) is 2.11. The third-order valence-electron chi connectivity index (χ3n) is 1.50. The average Bonchev–Trinajstić information content (AvgIpc) is 2.52. The molecule has 74 valence electrons. The lowest BCUT2D eigenvalue weighted by molar-refractivity contribution is 0.584. The lowest BCUT2D eigenvalue weighted by atomic mass is 10.5. The summed E-state index contributed by atoms with van der Waals surface area (Å²) in [5.74, 6) is 0.279. The maximum atomic E-state index is 11.4. The van der Waals surface area contributed by atoms with Gasteiger partial charge in [0.15, 0.2) is 0 Å². The van der Waals surface area contributed by atoms with Gasteiger partial charge in [-0.25, -0.2) is 13.1 Å². The zero-order valence-corrected chi connectivity index (χ0v) is 8.74. The van der Waals surface area contributed by atoms with E-state index >= 15 is 0 Å². The van der Waals surface area contributed by atoms with E-state index in [4.69, 9.17) is 11.6 Å². The molecule has 0 aliphatic carbocycles. The maximum Gasteiger partial charge on any atom is 0.242 e. The Kier molecular flexibility index (Phi) is 3.35. The van der Waals surface area contributed by atoms with Gasteiger partial charge >= 0.3 is 0 Å². The highest BCUT2D eigenvalue weighted by atomic mass is 35.5. The molecule has 0 aliphatic heterocycles. The molecule has 1 rings (SSSR count). The van der Waals surface area contributed by atoms with E-state index in [9.17, 15) is 8.42 Å². The van der Waals surface area contributed by atoms with E-state index in [1.807, 2.05) is 0 Å². The van der Waals surface area contributed by atoms with Crippen LogP contribution < -0.4 is 4.72 Å². The van der Waals surface area contributed by atoms with Gasteiger partial charge in [0.2, 0.25) is 10.0 Å². The number of aromatic amines is 1. The zero-order valence-electron chi connectivity index (χ0n) is 7.17. The molecule has 0 bridgehead atoms. The number of hydrogen-bond acceptors (Lipinski definition) is 2. The molecule has 6 heteroatoms. The van der Waals surface area contributed by atoms with Gasteiger partial charge < -0.3 is 4.98 Å². The molecule has 1 heterocycles. The van der Waals surface area contributed by atoms with Gasteiger partial charge in [-0.1, -0.05) is 6.92 Å². The quantitative estimate of drug-likeness (QED) is 0.749. The van der Waals surface area contributed by atoms with Crippen molar-refractivity contribution in [3.8, 4) is 0 Å². The Morgan fingerprint density at radius 1 is 1.62 bits per heavy atom. The van der Waals surface area contributed by atoms with E-state index in [2.05, 4.69) is 9.71 Å². The molecule has 0 unspecified atom stereocenters. The highest BCUT2D eigenvalue weighted by molar-refractivity contribution is 7.89. The lowest BCUT2D eigenvalue weighted by Crippen LogP contribution is -2.22. The number of sulfonamides is 1. The van der Waals surface area contributed by atoms with Crippen LogP contribution in [0.15, 0.2) is 17.2 Å². The van der Waals surface area contributed by atoms with E-state index in [0.29, 0.717) is 12.2 Å². The molecule has 0 amide bonds. The highest BCUT2D eigenvalue weighted by Crippen LogP contribution is 2.11. The van der Waals surface area contributed by atoms with E-state index in [0.717, 1.165) is 0 Å². The molecule has 1 aromatic heterocycles. The third-order valence-corrected chi connectivity index (χ3v) is 3.32. The van der Waals surface area contributed by atoms with Gasteiger partial charge in [-0.05, 0) is 6.07 Å². The largest absolute Gasteiger partial charge is 0.363 e. The summed E-state index contributed by atoms with van der Waals surface area (Å²) in [4.78, 5) is 3.00. The number of rotatable bonds is 4. The van der Waals surface area contributed by atoms with Crippen molar-refractivity contribution in [3.63, 3.8) is 0 Å². The van der Waals surface area contributed by atoms with E-state index in [1.165, 1.54) is 12.3 Å². The number of alkyl halides is 1. The number of hydrogen-bond donors (Lipinski definition) is 2. The highest BCUT2D eigenvalue weighted by Gasteiger charge is 2.13. The van der Waals surface area contributed by atoms with E-state index in [-0.39, 0.29) is 10.8 Å². The summed E-state index contributed by atoms with van der Waals surface area (Å²) in [5.41, 5.74) is 0.693. The van der Waals surface area contributed by atoms with Crippen LogP contribution in [0.3, 0.4) is 0 Å². The van der Waals surface area contributed by atoms with Crippen LogP contribution in [-0.4, -0.2) is 19.9 Å². The smallest absolute Gasteiger partial charge is 0.242 e. The average molecular weight is 223 g/mol. The van der Waals surface area contributed by atoms with Crippen LogP contribution in [0, 0.1) is 0 Å². The summed E-state index contributed by atoms with van der Waals surface area (Å²) in [5, 5.41) is 0. The van der Waals surface area contributed by atoms with Crippen LogP contribution in [0.2, 0.25) is 0 Å². The summed E-state index contributed by atoms with van der Waals surface area (Å²) < 4.78 is 25.2. The fourth-order valence-electron chi connectivity index (χ4n) is 0.925. The second-order valence-electron chi connectivity index (χ2n) is 2.50. The first-order valence-corrected chi connectivity index (χ1v) is 5.85. The van der Waals surface area contributed by atoms with Crippen molar-refractivity contribution >= 4 is 21.6 Å². The Morgan fingerprint density at radius 2 is 2.31 bits per heavy atom. The van der Waals surface area contributed by atoms with Crippen LogP contribution in [0.25, 0.3) is 0 Å². The van der Waals surface area contributed by atoms with Crippen molar-refractivity contribution in [1.82, 2.24) is 9.71 Å². The Balaban J connectivity index is 2.94. The van der Waals surface area contributed by atoms with Crippen molar-refractivity contribution in [2.24, 2.45) is 0 Å². The van der Waals surface area contributed by atoms with Gasteiger partial charge in [-0.15, -0.1) is 11.6 Å². The zero-order chi connectivity index (χ0) is 9.90. The first-order valence-electron chi connectivity index (χ1n) is 3.83. The van der Waals surface area contributed by atoms with Gasteiger partial charge in [-0.2, -0.15) is 0 Å². The molecule has 13 heavy (non-hydrogen) atoms. The monoisotopic (exact) mass is 222 g/mol. The molecule has 0 spiro atoms. The van der Waals surface area contributed by atoms with E-state index < -0.39 is 10.0 Å². The molecule has 0 saturated heterocycles. The fraction of sp³-hybridized carbons (Fsp3) is 0.429. The normalized spacial score (nSPS) is 11.8. The number of halogens is 1. The molecule has 0 aromatic carbocycles. The van der Waals surface area contributed by atoms with Crippen LogP contribution in [-0.2, 0) is 15.9 Å². The van der Waals surface area contributed by atoms with Crippen molar-refractivity contribution in [3.05, 3.63) is 18.0 Å². The van der Waals surface area contributed by atoms with Gasteiger partial charge in [0.25, 0.3) is 0 Å². The molecular weight excluding hydrogens is 212 g/mol. The van der Waals surface area contributed by atoms with Crippen molar-refractivity contribution < 1.29 is 8.42 Å². The second-order valence-corrected chi connectivity index (χ2v) is 4.53. The summed E-state index contributed by atoms with van der Waals surface area (Å²) in [6, 6.07) is 1.52. The SMILES string of the molecule is CCNS(=O)(=O)c1c[nH]c(CCl)c1. The molecule has 2 N–H and O–H groups in total. The lowest BCUT2D eigenvalue weighted by Gasteiger charge is -1.99. The Bertz CT molecular complexity index is 372. The van der Waals surface area contributed by atoms with Gasteiger partial charge in [0.05, 0.1) is 10.8 Å². The molecule has 0 radical (unpaired) electrons. The molecule has 0 atom stereocenters.